The molecule has 0 bridgehead atoms. The lowest BCUT2D eigenvalue weighted by molar-refractivity contribution is -0.121. The number of thiophene rings is 1. The van der Waals surface area contributed by atoms with Crippen LogP contribution in [0.2, 0.25) is 5.02 Å². The van der Waals surface area contributed by atoms with Gasteiger partial charge in [0.15, 0.2) is 0 Å². The minimum atomic E-state index is -0.921. The highest BCUT2D eigenvalue weighted by molar-refractivity contribution is 7.12. The molecule has 3 rings (SSSR count). The molecule has 126 valence electrons. The van der Waals surface area contributed by atoms with Crippen molar-refractivity contribution in [3.8, 4) is 0 Å². The van der Waals surface area contributed by atoms with Crippen molar-refractivity contribution in [1.29, 1.82) is 0 Å². The van der Waals surface area contributed by atoms with Gasteiger partial charge in [-0.3, -0.25) is 9.69 Å². The van der Waals surface area contributed by atoms with Gasteiger partial charge in [0.2, 0.25) is 5.91 Å². The number of hydrogen-bond donors (Lipinski definition) is 1. The summed E-state index contributed by atoms with van der Waals surface area (Å²) >= 11 is 7.40. The van der Waals surface area contributed by atoms with Crippen LogP contribution in [0.25, 0.3) is 0 Å². The van der Waals surface area contributed by atoms with Crippen LogP contribution in [-0.2, 0) is 11.3 Å². The molecule has 1 saturated heterocycles. The van der Waals surface area contributed by atoms with Crippen LogP contribution in [0.1, 0.15) is 21.7 Å². The van der Waals surface area contributed by atoms with E-state index in [0.717, 1.165) is 17.7 Å². The van der Waals surface area contributed by atoms with Crippen LogP contribution in [0.5, 0.6) is 0 Å². The summed E-state index contributed by atoms with van der Waals surface area (Å²) in [6, 6.07) is 8.76. The molecule has 1 atom stereocenters. The lowest BCUT2D eigenvalue weighted by Gasteiger charge is -2.23. The number of carboxylic acids is 1. The summed E-state index contributed by atoms with van der Waals surface area (Å²) in [5.74, 6) is -0.893. The molecule has 5 nitrogen and oxygen atoms in total. The van der Waals surface area contributed by atoms with E-state index in [1.54, 1.807) is 17.0 Å². The van der Waals surface area contributed by atoms with Gasteiger partial charge in [-0.15, -0.1) is 11.3 Å². The summed E-state index contributed by atoms with van der Waals surface area (Å²) in [6.45, 7) is 1.16. The van der Waals surface area contributed by atoms with E-state index in [-0.39, 0.29) is 11.9 Å². The van der Waals surface area contributed by atoms with Gasteiger partial charge >= 0.3 is 5.97 Å². The van der Waals surface area contributed by atoms with Crippen molar-refractivity contribution in [2.45, 2.75) is 19.0 Å². The fourth-order valence-electron chi connectivity index (χ4n) is 2.95. The molecule has 1 amide bonds. The largest absolute Gasteiger partial charge is 0.477 e. The minimum absolute atomic E-state index is 0.0271. The van der Waals surface area contributed by atoms with Crippen molar-refractivity contribution in [1.82, 2.24) is 4.90 Å². The number of halogens is 1. The Labute approximate surface area is 149 Å². The first-order chi connectivity index (χ1) is 11.5. The molecule has 0 saturated carbocycles. The molecule has 1 aliphatic rings. The Morgan fingerprint density at radius 3 is 2.88 bits per heavy atom. The molecule has 1 fully saturated rings. The van der Waals surface area contributed by atoms with E-state index in [9.17, 15) is 9.59 Å². The highest BCUT2D eigenvalue weighted by Gasteiger charge is 2.35. The average molecular weight is 365 g/mol. The number of carbonyl (C=O) groups is 2. The smallest absolute Gasteiger partial charge is 0.345 e. The van der Waals surface area contributed by atoms with Crippen molar-refractivity contribution < 1.29 is 14.7 Å². The molecule has 24 heavy (non-hydrogen) atoms. The maximum atomic E-state index is 12.7. The quantitative estimate of drug-likeness (QED) is 0.884. The maximum Gasteiger partial charge on any atom is 0.345 e. The van der Waals surface area contributed by atoms with Crippen molar-refractivity contribution in [3.05, 3.63) is 51.2 Å². The first-order valence-electron chi connectivity index (χ1n) is 7.54. The topological polar surface area (TPSA) is 60.9 Å². The second kappa shape index (κ2) is 6.93. The predicted molar refractivity (Wildman–Crippen MR) is 95.0 cm³/mol. The molecule has 1 unspecified atom stereocenters. The Hall–Kier alpha value is -1.89. The van der Waals surface area contributed by atoms with Crippen LogP contribution in [0.3, 0.4) is 0 Å². The molecule has 0 spiro atoms. The van der Waals surface area contributed by atoms with Crippen LogP contribution in [0, 0.1) is 0 Å². The van der Waals surface area contributed by atoms with Gasteiger partial charge in [-0.05, 0) is 42.6 Å². The number of rotatable bonds is 5. The highest BCUT2D eigenvalue weighted by atomic mass is 35.5. The molecule has 0 aliphatic carbocycles. The monoisotopic (exact) mass is 364 g/mol. The van der Waals surface area contributed by atoms with E-state index in [4.69, 9.17) is 16.7 Å². The van der Waals surface area contributed by atoms with Crippen molar-refractivity contribution in [2.24, 2.45) is 0 Å². The number of aromatic carboxylic acids is 1. The first kappa shape index (κ1) is 17.0. The summed E-state index contributed by atoms with van der Waals surface area (Å²) in [6.07, 6.45) is 0.719. The van der Waals surface area contributed by atoms with Crippen LogP contribution in [-0.4, -0.2) is 41.5 Å². The molecular formula is C17H17ClN2O3S. The normalized spacial score (nSPS) is 17.7. The van der Waals surface area contributed by atoms with E-state index in [0.29, 0.717) is 23.0 Å². The zero-order valence-electron chi connectivity index (χ0n) is 13.1. The number of benzene rings is 1. The first-order valence-corrected chi connectivity index (χ1v) is 8.80. The Kier molecular flexibility index (Phi) is 4.89. The van der Waals surface area contributed by atoms with Gasteiger partial charge in [0, 0.05) is 13.1 Å². The van der Waals surface area contributed by atoms with E-state index in [1.165, 1.54) is 11.3 Å². The Morgan fingerprint density at radius 1 is 1.46 bits per heavy atom. The molecule has 2 heterocycles. The number of carbonyl (C=O) groups excluding carboxylic acids is 1. The molecule has 2 aromatic rings. The average Bonchev–Trinajstić information content (AvgIpc) is 3.15. The lowest BCUT2D eigenvalue weighted by atomic mass is 10.2. The van der Waals surface area contributed by atoms with E-state index in [1.807, 2.05) is 35.5 Å². The van der Waals surface area contributed by atoms with E-state index >= 15 is 0 Å². The maximum absolute atomic E-state index is 12.7. The van der Waals surface area contributed by atoms with Crippen molar-refractivity contribution in [3.63, 3.8) is 0 Å². The lowest BCUT2D eigenvalue weighted by Crippen LogP contribution is -2.39. The third kappa shape index (κ3) is 3.31. The Bertz CT molecular complexity index is 777. The predicted octanol–water partition coefficient (Wildman–Crippen LogP) is 3.34. The van der Waals surface area contributed by atoms with E-state index < -0.39 is 5.97 Å². The van der Waals surface area contributed by atoms with Crippen LogP contribution in [0.4, 0.5) is 5.69 Å². The molecule has 1 N–H and O–H groups in total. The van der Waals surface area contributed by atoms with Gasteiger partial charge < -0.3 is 10.0 Å². The second-order valence-corrected chi connectivity index (χ2v) is 7.10. The number of amides is 1. The van der Waals surface area contributed by atoms with Gasteiger partial charge in [0.25, 0.3) is 0 Å². The summed E-state index contributed by atoms with van der Waals surface area (Å²) in [5, 5.41) is 11.4. The van der Waals surface area contributed by atoms with Crippen LogP contribution < -0.4 is 4.90 Å². The third-order valence-corrected chi connectivity index (χ3v) is 5.44. The molecule has 7 heteroatoms. The fraction of sp³-hybridized carbons (Fsp3) is 0.294. The van der Waals surface area contributed by atoms with Gasteiger partial charge in [-0.1, -0.05) is 23.7 Å². The third-order valence-electron chi connectivity index (χ3n) is 4.15. The highest BCUT2D eigenvalue weighted by Crippen LogP contribution is 2.30. The van der Waals surface area contributed by atoms with Gasteiger partial charge in [-0.2, -0.15) is 0 Å². The standard InChI is InChI=1S/C17H17ClN2O3S/c1-19(9-11-8-15(17(22)23)24-10-11)14-6-7-20(16(14)21)13-5-3-2-4-12(13)18/h2-5,8,10,14H,6-7,9H2,1H3,(H,22,23). The number of para-hydroxylation sites is 1. The van der Waals surface area contributed by atoms with Gasteiger partial charge in [-0.25, -0.2) is 4.79 Å². The number of likely N-dealkylation sites (N-methyl/N-ethyl adjacent to an activating group) is 1. The second-order valence-electron chi connectivity index (χ2n) is 5.79. The van der Waals surface area contributed by atoms with Crippen LogP contribution in [0.15, 0.2) is 35.7 Å². The Balaban J connectivity index is 1.70. The summed E-state index contributed by atoms with van der Waals surface area (Å²) < 4.78 is 0. The molecular weight excluding hydrogens is 348 g/mol. The zero-order valence-corrected chi connectivity index (χ0v) is 14.7. The SMILES string of the molecule is CN(Cc1csc(C(=O)O)c1)C1CCN(c2ccccc2Cl)C1=O. The van der Waals surface area contributed by atoms with Gasteiger partial charge in [0.1, 0.15) is 4.88 Å². The number of carboxylic acid groups (broad SMARTS) is 1. The molecule has 1 aromatic heterocycles. The van der Waals surface area contributed by atoms with E-state index in [2.05, 4.69) is 0 Å². The van der Waals surface area contributed by atoms with Gasteiger partial charge in [0.05, 0.1) is 16.8 Å². The Morgan fingerprint density at radius 2 is 2.21 bits per heavy atom. The number of anilines is 1. The number of nitrogens with zero attached hydrogens (tertiary/aromatic N) is 2. The van der Waals surface area contributed by atoms with Crippen molar-refractivity contribution >= 4 is 40.5 Å². The van der Waals surface area contributed by atoms with Crippen LogP contribution >= 0.6 is 22.9 Å². The van der Waals surface area contributed by atoms with Crippen molar-refractivity contribution in [2.75, 3.05) is 18.5 Å². The molecule has 1 aliphatic heterocycles. The number of hydrogen-bond acceptors (Lipinski definition) is 4. The summed E-state index contributed by atoms with van der Waals surface area (Å²) in [5.41, 5.74) is 1.65. The zero-order chi connectivity index (χ0) is 17.3. The minimum Gasteiger partial charge on any atom is -0.477 e. The summed E-state index contributed by atoms with van der Waals surface area (Å²) in [4.78, 5) is 27.7. The molecule has 1 aromatic carbocycles. The summed E-state index contributed by atoms with van der Waals surface area (Å²) in [7, 11) is 1.89. The molecule has 0 radical (unpaired) electrons. The fourth-order valence-corrected chi connectivity index (χ4v) is 3.93.